The van der Waals surface area contributed by atoms with E-state index in [0.717, 1.165) is 22.3 Å². The molecule has 0 fully saturated rings. The molecule has 3 rings (SSSR count). The molecule has 0 saturated carbocycles. The van der Waals surface area contributed by atoms with Gasteiger partial charge in [-0.05, 0) is 37.0 Å². The van der Waals surface area contributed by atoms with E-state index in [1.54, 1.807) is 0 Å². The van der Waals surface area contributed by atoms with Crippen LogP contribution >= 0.6 is 11.8 Å². The first-order chi connectivity index (χ1) is 12.9. The maximum absolute atomic E-state index is 13.2. The Balaban J connectivity index is 1.94. The van der Waals surface area contributed by atoms with Crippen molar-refractivity contribution in [2.75, 3.05) is 6.54 Å². The molecule has 0 bridgehead atoms. The number of imide groups is 1. The first-order valence-corrected chi connectivity index (χ1v) is 10.1. The predicted molar refractivity (Wildman–Crippen MR) is 112 cm³/mol. The second kappa shape index (κ2) is 8.13. The lowest BCUT2D eigenvalue weighted by Crippen LogP contribution is -2.33. The van der Waals surface area contributed by atoms with Crippen molar-refractivity contribution in [2.45, 2.75) is 39.4 Å². The molecule has 1 aliphatic rings. The van der Waals surface area contributed by atoms with E-state index in [1.165, 1.54) is 16.7 Å². The fraction of sp³-hybridized carbons (Fsp3) is 0.304. The average molecular weight is 380 g/mol. The molecule has 4 heteroatoms. The first-order valence-electron chi connectivity index (χ1n) is 9.27. The van der Waals surface area contributed by atoms with Crippen LogP contribution in [0, 0.1) is 13.8 Å². The Hall–Kier alpha value is -2.33. The van der Waals surface area contributed by atoms with Crippen LogP contribution in [0.5, 0.6) is 0 Å². The highest BCUT2D eigenvalue weighted by Crippen LogP contribution is 2.39. The van der Waals surface area contributed by atoms with Gasteiger partial charge in [-0.2, -0.15) is 0 Å². The Morgan fingerprint density at radius 3 is 2.30 bits per heavy atom. The maximum Gasteiger partial charge on any atom is 0.268 e. The van der Waals surface area contributed by atoms with Gasteiger partial charge in [0.05, 0.1) is 10.5 Å². The Bertz CT molecular complexity index is 900. The van der Waals surface area contributed by atoms with E-state index in [4.69, 9.17) is 0 Å². The molecule has 0 aliphatic carbocycles. The summed E-state index contributed by atoms with van der Waals surface area (Å²) in [7, 11) is 0. The molecule has 2 aromatic carbocycles. The van der Waals surface area contributed by atoms with Gasteiger partial charge in [0.2, 0.25) is 0 Å². The quantitative estimate of drug-likeness (QED) is 0.679. The number of nitrogens with zero attached hydrogens (tertiary/aromatic N) is 1. The number of carbonyl (C=O) groups is 2. The maximum atomic E-state index is 13.2. The van der Waals surface area contributed by atoms with Gasteiger partial charge in [-0.1, -0.05) is 67.9 Å². The number of amides is 2. The van der Waals surface area contributed by atoms with Crippen molar-refractivity contribution in [3.63, 3.8) is 0 Å². The van der Waals surface area contributed by atoms with Crippen LogP contribution in [0.1, 0.15) is 36.1 Å². The van der Waals surface area contributed by atoms with Gasteiger partial charge in [-0.3, -0.25) is 14.5 Å². The number of benzene rings is 2. The number of aryl methyl sites for hydroxylation is 2. The lowest BCUT2D eigenvalue weighted by molar-refractivity contribution is -0.136. The van der Waals surface area contributed by atoms with Crippen LogP contribution < -0.4 is 0 Å². The highest BCUT2D eigenvalue weighted by Gasteiger charge is 2.39. The summed E-state index contributed by atoms with van der Waals surface area (Å²) in [6.07, 6.45) is 0.665. The van der Waals surface area contributed by atoms with Gasteiger partial charge in [0.15, 0.2) is 0 Å². The molecule has 0 radical (unpaired) electrons. The number of thioether (sulfide) groups is 1. The minimum absolute atomic E-state index is 0.162. The second-order valence-corrected chi connectivity index (χ2v) is 8.77. The summed E-state index contributed by atoms with van der Waals surface area (Å²) < 4.78 is 0. The molecule has 0 spiro atoms. The Morgan fingerprint density at radius 2 is 1.67 bits per heavy atom. The molecule has 0 saturated heterocycles. The van der Waals surface area contributed by atoms with Gasteiger partial charge in [0.1, 0.15) is 0 Å². The zero-order valence-corrected chi connectivity index (χ0v) is 17.1. The molecule has 1 heterocycles. The fourth-order valence-electron chi connectivity index (χ4n) is 3.32. The number of rotatable bonds is 6. The fourth-order valence-corrected chi connectivity index (χ4v) is 4.32. The Morgan fingerprint density at radius 1 is 0.963 bits per heavy atom. The summed E-state index contributed by atoms with van der Waals surface area (Å²) in [6, 6.07) is 16.0. The van der Waals surface area contributed by atoms with E-state index in [2.05, 4.69) is 6.07 Å². The molecular weight excluding hydrogens is 354 g/mol. The van der Waals surface area contributed by atoms with Crippen molar-refractivity contribution >= 4 is 29.1 Å². The zero-order chi connectivity index (χ0) is 19.6. The third kappa shape index (κ3) is 4.16. The summed E-state index contributed by atoms with van der Waals surface area (Å²) in [6.45, 7) is 8.52. The van der Waals surface area contributed by atoms with E-state index in [0.29, 0.717) is 23.4 Å². The third-order valence-electron chi connectivity index (χ3n) is 4.60. The molecule has 2 amide bonds. The van der Waals surface area contributed by atoms with E-state index in [1.807, 2.05) is 70.2 Å². The largest absolute Gasteiger partial charge is 0.274 e. The van der Waals surface area contributed by atoms with Gasteiger partial charge in [0, 0.05) is 11.8 Å². The van der Waals surface area contributed by atoms with Gasteiger partial charge in [-0.15, -0.1) is 11.8 Å². The highest BCUT2D eigenvalue weighted by molar-refractivity contribution is 8.04. The van der Waals surface area contributed by atoms with Crippen LogP contribution in [0.3, 0.4) is 0 Å². The van der Waals surface area contributed by atoms with Crippen molar-refractivity contribution in [1.82, 2.24) is 4.90 Å². The standard InChI is InChI=1S/C23H25NO2S/c1-15(2)27-21-20(19-11-10-16(3)14-17(19)4)22(25)24(23(21)26)13-12-18-8-6-5-7-9-18/h5-11,14-15H,12-13H2,1-4H3. The third-order valence-corrected chi connectivity index (χ3v) is 5.68. The molecular formula is C23H25NO2S. The van der Waals surface area contributed by atoms with Crippen LogP contribution in [-0.2, 0) is 16.0 Å². The van der Waals surface area contributed by atoms with E-state index in [9.17, 15) is 9.59 Å². The number of hydrogen-bond donors (Lipinski definition) is 0. The molecule has 140 valence electrons. The van der Waals surface area contributed by atoms with E-state index in [-0.39, 0.29) is 17.1 Å². The minimum atomic E-state index is -0.175. The van der Waals surface area contributed by atoms with Crippen LogP contribution in [0.25, 0.3) is 5.57 Å². The number of hydrogen-bond acceptors (Lipinski definition) is 3. The summed E-state index contributed by atoms with van der Waals surface area (Å²) in [5.74, 6) is -0.337. The van der Waals surface area contributed by atoms with Crippen molar-refractivity contribution in [3.05, 3.63) is 75.7 Å². The molecule has 0 unspecified atom stereocenters. The Kier molecular flexibility index (Phi) is 5.85. The summed E-state index contributed by atoms with van der Waals surface area (Å²) >= 11 is 1.48. The van der Waals surface area contributed by atoms with Gasteiger partial charge in [-0.25, -0.2) is 0 Å². The summed E-state index contributed by atoms with van der Waals surface area (Å²) in [5, 5.41) is 0.228. The lowest BCUT2D eigenvalue weighted by atomic mass is 9.99. The Labute approximate surface area is 165 Å². The minimum Gasteiger partial charge on any atom is -0.274 e. The van der Waals surface area contributed by atoms with Crippen LogP contribution in [0.4, 0.5) is 0 Å². The molecule has 27 heavy (non-hydrogen) atoms. The van der Waals surface area contributed by atoms with Crippen LogP contribution in [0.2, 0.25) is 0 Å². The predicted octanol–water partition coefficient (Wildman–Crippen LogP) is 4.77. The molecule has 3 nitrogen and oxygen atoms in total. The SMILES string of the molecule is Cc1ccc(C2=C(SC(C)C)C(=O)N(CCc3ccccc3)C2=O)c(C)c1. The molecule has 0 N–H and O–H groups in total. The van der Waals surface area contributed by atoms with Crippen molar-refractivity contribution in [1.29, 1.82) is 0 Å². The average Bonchev–Trinajstić information content (AvgIpc) is 2.84. The topological polar surface area (TPSA) is 37.4 Å². The zero-order valence-electron chi connectivity index (χ0n) is 16.3. The van der Waals surface area contributed by atoms with Gasteiger partial charge >= 0.3 is 0 Å². The summed E-state index contributed by atoms with van der Waals surface area (Å²) in [5.41, 5.74) is 4.72. The van der Waals surface area contributed by atoms with Crippen molar-refractivity contribution in [2.24, 2.45) is 0 Å². The molecule has 1 aliphatic heterocycles. The smallest absolute Gasteiger partial charge is 0.268 e. The summed E-state index contributed by atoms with van der Waals surface area (Å²) in [4.78, 5) is 28.2. The molecule has 0 atom stereocenters. The normalized spacial score (nSPS) is 14.6. The van der Waals surface area contributed by atoms with Crippen molar-refractivity contribution < 1.29 is 9.59 Å². The molecule has 0 aromatic heterocycles. The second-order valence-electron chi connectivity index (χ2n) is 7.19. The van der Waals surface area contributed by atoms with Gasteiger partial charge in [0.25, 0.3) is 11.8 Å². The lowest BCUT2D eigenvalue weighted by Gasteiger charge is -2.15. The number of carbonyl (C=O) groups excluding carboxylic acids is 2. The highest BCUT2D eigenvalue weighted by atomic mass is 32.2. The van der Waals surface area contributed by atoms with E-state index >= 15 is 0 Å². The first kappa shape index (κ1) is 19.4. The molecule has 2 aromatic rings. The van der Waals surface area contributed by atoms with Crippen LogP contribution in [0.15, 0.2) is 53.4 Å². The monoisotopic (exact) mass is 379 g/mol. The van der Waals surface area contributed by atoms with Crippen molar-refractivity contribution in [3.8, 4) is 0 Å². The van der Waals surface area contributed by atoms with E-state index < -0.39 is 0 Å². The van der Waals surface area contributed by atoms with Crippen LogP contribution in [-0.4, -0.2) is 28.5 Å². The van der Waals surface area contributed by atoms with Gasteiger partial charge < -0.3 is 0 Å².